The fourth-order valence-corrected chi connectivity index (χ4v) is 4.33. The maximum absolute atomic E-state index is 6.30. The van der Waals surface area contributed by atoms with Crippen LogP contribution in [-0.4, -0.2) is 13.2 Å². The lowest BCUT2D eigenvalue weighted by molar-refractivity contribution is 0.171. The minimum atomic E-state index is -0.103. The molecule has 0 aliphatic carbocycles. The van der Waals surface area contributed by atoms with Crippen molar-refractivity contribution in [1.29, 1.82) is 0 Å². The highest BCUT2D eigenvalue weighted by molar-refractivity contribution is 9.11. The molecule has 3 rings (SSSR count). The van der Waals surface area contributed by atoms with E-state index in [0.29, 0.717) is 23.3 Å². The normalized spacial score (nSPS) is 14.9. The highest BCUT2D eigenvalue weighted by Crippen LogP contribution is 2.44. The fourth-order valence-electron chi connectivity index (χ4n) is 2.16. The maximum Gasteiger partial charge on any atom is 0.162 e. The molecule has 1 aliphatic heterocycles. The number of ether oxygens (including phenoxy) is 2. The lowest BCUT2D eigenvalue weighted by atomic mass is 10.0. The van der Waals surface area contributed by atoms with Crippen molar-refractivity contribution in [3.05, 3.63) is 56.0 Å². The number of halogens is 4. The summed E-state index contributed by atoms with van der Waals surface area (Å²) in [5.74, 6) is 1.48. The Morgan fingerprint density at radius 1 is 1.00 bits per heavy atom. The van der Waals surface area contributed by atoms with Crippen LogP contribution in [0.25, 0.3) is 0 Å². The third-order valence-corrected chi connectivity index (χ3v) is 5.70. The second-order valence-electron chi connectivity index (χ2n) is 4.52. The molecule has 1 atom stereocenters. The molecule has 0 saturated heterocycles. The lowest BCUT2D eigenvalue weighted by Crippen LogP contribution is -2.15. The van der Waals surface area contributed by atoms with E-state index in [1.807, 2.05) is 24.3 Å². The van der Waals surface area contributed by atoms with Gasteiger partial charge in [-0.2, -0.15) is 0 Å². The molecule has 1 heterocycles. The van der Waals surface area contributed by atoms with E-state index in [4.69, 9.17) is 32.7 Å². The predicted octanol–water partition coefficient (Wildman–Crippen LogP) is 6.01. The summed E-state index contributed by atoms with van der Waals surface area (Å²) in [6.07, 6.45) is 0. The summed E-state index contributed by atoms with van der Waals surface area (Å²) in [5, 5.41) is 1.08. The largest absolute Gasteiger partial charge is 0.486 e. The van der Waals surface area contributed by atoms with Crippen LogP contribution in [0.2, 0.25) is 10.0 Å². The van der Waals surface area contributed by atoms with Crippen molar-refractivity contribution in [1.82, 2.24) is 0 Å². The van der Waals surface area contributed by atoms with Gasteiger partial charge in [-0.25, -0.2) is 0 Å². The van der Waals surface area contributed by atoms with E-state index in [9.17, 15) is 0 Å². The standard InChI is InChI=1S/C15H10Br2Cl2O2/c16-10-7-13-12(20-4-5-21-13)6-9(10)14(17)8-2-1-3-11(18)15(8)19/h1-3,6-7,14H,4-5H2. The molecule has 0 N–H and O–H groups in total. The first-order valence-electron chi connectivity index (χ1n) is 6.25. The summed E-state index contributed by atoms with van der Waals surface area (Å²) < 4.78 is 12.1. The summed E-state index contributed by atoms with van der Waals surface area (Å²) in [6, 6.07) is 9.46. The van der Waals surface area contributed by atoms with Crippen LogP contribution >= 0.6 is 55.1 Å². The second kappa shape index (κ2) is 6.37. The molecular weight excluding hydrogens is 443 g/mol. The predicted molar refractivity (Wildman–Crippen MR) is 92.4 cm³/mol. The lowest BCUT2D eigenvalue weighted by Gasteiger charge is -2.22. The summed E-state index contributed by atoms with van der Waals surface area (Å²) in [5.41, 5.74) is 1.91. The van der Waals surface area contributed by atoms with Crippen molar-refractivity contribution in [2.24, 2.45) is 0 Å². The Kier molecular flexibility index (Phi) is 4.69. The van der Waals surface area contributed by atoms with Crippen LogP contribution in [-0.2, 0) is 0 Å². The van der Waals surface area contributed by atoms with Gasteiger partial charge < -0.3 is 9.47 Å². The molecule has 110 valence electrons. The van der Waals surface area contributed by atoms with Gasteiger partial charge >= 0.3 is 0 Å². The van der Waals surface area contributed by atoms with Crippen molar-refractivity contribution >= 4 is 55.1 Å². The Labute approximate surface area is 149 Å². The van der Waals surface area contributed by atoms with Gasteiger partial charge in [-0.3, -0.25) is 0 Å². The first-order valence-corrected chi connectivity index (χ1v) is 8.71. The van der Waals surface area contributed by atoms with Gasteiger partial charge in [0.2, 0.25) is 0 Å². The zero-order valence-corrected chi connectivity index (χ0v) is 15.4. The van der Waals surface area contributed by atoms with Crippen LogP contribution in [0.3, 0.4) is 0 Å². The second-order valence-corrected chi connectivity index (χ2v) is 7.08. The van der Waals surface area contributed by atoms with Gasteiger partial charge in [0.15, 0.2) is 11.5 Å². The van der Waals surface area contributed by atoms with Crippen molar-refractivity contribution < 1.29 is 9.47 Å². The molecular formula is C15H10Br2Cl2O2. The number of hydrogen-bond acceptors (Lipinski definition) is 2. The van der Waals surface area contributed by atoms with Crippen molar-refractivity contribution in [3.8, 4) is 11.5 Å². The topological polar surface area (TPSA) is 18.5 Å². The molecule has 2 nitrogen and oxygen atoms in total. The quantitative estimate of drug-likeness (QED) is 0.519. The minimum Gasteiger partial charge on any atom is -0.486 e. The minimum absolute atomic E-state index is 0.103. The van der Waals surface area contributed by atoms with Crippen LogP contribution in [0.1, 0.15) is 16.0 Å². The Morgan fingerprint density at radius 3 is 2.38 bits per heavy atom. The molecule has 1 aliphatic rings. The van der Waals surface area contributed by atoms with Gasteiger partial charge in [0, 0.05) is 4.47 Å². The molecule has 1 unspecified atom stereocenters. The van der Waals surface area contributed by atoms with Crippen LogP contribution in [0.15, 0.2) is 34.8 Å². The average molecular weight is 453 g/mol. The Morgan fingerprint density at radius 2 is 1.67 bits per heavy atom. The summed E-state index contributed by atoms with van der Waals surface area (Å²) >= 11 is 19.7. The molecule has 6 heteroatoms. The number of benzene rings is 2. The number of rotatable bonds is 2. The monoisotopic (exact) mass is 450 g/mol. The molecule has 0 amide bonds. The Balaban J connectivity index is 2.05. The Bertz CT molecular complexity index is 692. The molecule has 0 fully saturated rings. The van der Waals surface area contributed by atoms with Gasteiger partial charge in [0.25, 0.3) is 0 Å². The Hall–Kier alpha value is -0.420. The van der Waals surface area contributed by atoms with Gasteiger partial charge in [-0.05, 0) is 29.3 Å². The first kappa shape index (κ1) is 15.5. The molecule has 0 bridgehead atoms. The van der Waals surface area contributed by atoms with Crippen LogP contribution < -0.4 is 9.47 Å². The van der Waals surface area contributed by atoms with Gasteiger partial charge in [0.05, 0.1) is 14.9 Å². The zero-order chi connectivity index (χ0) is 15.0. The molecule has 0 saturated carbocycles. The highest BCUT2D eigenvalue weighted by atomic mass is 79.9. The number of fused-ring (bicyclic) bond motifs is 1. The third kappa shape index (κ3) is 3.04. The molecule has 2 aromatic carbocycles. The molecule has 2 aromatic rings. The van der Waals surface area contributed by atoms with Crippen LogP contribution in [0, 0.1) is 0 Å². The third-order valence-electron chi connectivity index (χ3n) is 3.19. The highest BCUT2D eigenvalue weighted by Gasteiger charge is 2.22. The van der Waals surface area contributed by atoms with Crippen LogP contribution in [0.5, 0.6) is 11.5 Å². The van der Waals surface area contributed by atoms with Crippen molar-refractivity contribution in [2.75, 3.05) is 13.2 Å². The van der Waals surface area contributed by atoms with E-state index in [2.05, 4.69) is 31.9 Å². The summed E-state index contributed by atoms with van der Waals surface area (Å²) in [6.45, 7) is 1.12. The summed E-state index contributed by atoms with van der Waals surface area (Å²) in [7, 11) is 0. The maximum atomic E-state index is 6.30. The molecule has 21 heavy (non-hydrogen) atoms. The first-order chi connectivity index (χ1) is 10.1. The number of hydrogen-bond donors (Lipinski definition) is 0. The van der Waals surface area contributed by atoms with E-state index in [1.165, 1.54) is 0 Å². The molecule has 0 spiro atoms. The SMILES string of the molecule is Clc1cccc(C(Br)c2cc3c(cc2Br)OCCO3)c1Cl. The molecule has 0 aromatic heterocycles. The summed E-state index contributed by atoms with van der Waals surface area (Å²) in [4.78, 5) is -0.103. The van der Waals surface area contributed by atoms with Crippen molar-refractivity contribution in [3.63, 3.8) is 0 Å². The van der Waals surface area contributed by atoms with E-state index >= 15 is 0 Å². The fraction of sp³-hybridized carbons (Fsp3) is 0.200. The average Bonchev–Trinajstić information content (AvgIpc) is 2.48. The van der Waals surface area contributed by atoms with Gasteiger partial charge in [-0.15, -0.1) is 0 Å². The van der Waals surface area contributed by atoms with E-state index in [-0.39, 0.29) is 4.83 Å². The van der Waals surface area contributed by atoms with E-state index in [1.54, 1.807) is 6.07 Å². The smallest absolute Gasteiger partial charge is 0.162 e. The van der Waals surface area contributed by atoms with Crippen molar-refractivity contribution in [2.45, 2.75) is 4.83 Å². The zero-order valence-electron chi connectivity index (χ0n) is 10.7. The van der Waals surface area contributed by atoms with Gasteiger partial charge in [0.1, 0.15) is 13.2 Å². The van der Waals surface area contributed by atoms with Crippen LogP contribution in [0.4, 0.5) is 0 Å². The van der Waals surface area contributed by atoms with E-state index in [0.717, 1.165) is 27.1 Å². The molecule has 0 radical (unpaired) electrons. The number of alkyl halides is 1. The van der Waals surface area contributed by atoms with Gasteiger partial charge in [-0.1, -0.05) is 67.2 Å². The van der Waals surface area contributed by atoms with E-state index < -0.39 is 0 Å².